The molecule has 1 aliphatic carbocycles. The van der Waals surface area contributed by atoms with Gasteiger partial charge in [-0.3, -0.25) is 19.4 Å². The van der Waals surface area contributed by atoms with E-state index < -0.39 is 70.1 Å². The Morgan fingerprint density at radius 1 is 0.893 bits per heavy atom. The third-order valence-electron chi connectivity index (χ3n) is 11.1. The lowest BCUT2D eigenvalue weighted by molar-refractivity contribution is -0.163. The molecule has 0 radical (unpaired) electrons. The summed E-state index contributed by atoms with van der Waals surface area (Å²) in [5, 5.41) is 21.5. The molecule has 16 heteroatoms. The number of halogens is 6. The number of aliphatic carboxylic acids is 1. The third-order valence-corrected chi connectivity index (χ3v) is 11.1. The van der Waals surface area contributed by atoms with Crippen molar-refractivity contribution >= 4 is 17.8 Å². The summed E-state index contributed by atoms with van der Waals surface area (Å²) in [6.07, 6.45) is -6.93. The Balaban J connectivity index is 1.31. The zero-order valence-corrected chi connectivity index (χ0v) is 30.6. The quantitative estimate of drug-likeness (QED) is 0.202. The molecule has 6 rings (SSSR count). The van der Waals surface area contributed by atoms with Crippen molar-refractivity contribution in [2.75, 3.05) is 19.6 Å². The summed E-state index contributed by atoms with van der Waals surface area (Å²) in [7, 11) is 0. The number of piperidine rings is 2. The van der Waals surface area contributed by atoms with Gasteiger partial charge < -0.3 is 29.5 Å². The van der Waals surface area contributed by atoms with E-state index in [2.05, 4.69) is 4.98 Å². The standard InChI is InChI=1S/C40H43F6N3O7/c1-2-7-32-38(56-27-15-12-26(13-16-27)39(41,42)43,17-6-21-49(32)34(50)33-30(40(44,45)46)9-5-20-47-33)36(53)48-22-18-37(54,19-23-48)29-8-3-4-10-31(29)55-28-14-11-25(24-28)35(51)52/h3-5,8-10,12-13,15-16,20,25,28,32,54H,2,6-7,11,14,17-19,21-24H2,1H3,(H,51,52)/t25-,28-,32-,38+/m1/s1. The Bertz CT molecular complexity index is 1900. The van der Waals surface area contributed by atoms with E-state index in [1.165, 1.54) is 9.80 Å². The number of aliphatic hydroxyl groups is 1. The average Bonchev–Trinajstić information content (AvgIpc) is 3.64. The van der Waals surface area contributed by atoms with Crippen LogP contribution >= 0.6 is 0 Å². The molecule has 1 saturated carbocycles. The fraction of sp³-hybridized carbons (Fsp3) is 0.500. The van der Waals surface area contributed by atoms with Gasteiger partial charge in [-0.25, -0.2) is 0 Å². The molecule has 2 aromatic carbocycles. The van der Waals surface area contributed by atoms with Crippen molar-refractivity contribution in [2.45, 2.75) is 100 Å². The lowest BCUT2D eigenvalue weighted by atomic mass is 9.78. The van der Waals surface area contributed by atoms with Crippen LogP contribution in [0.25, 0.3) is 0 Å². The van der Waals surface area contributed by atoms with Crippen LogP contribution in [0.15, 0.2) is 66.9 Å². The number of ether oxygens (including phenoxy) is 2. The van der Waals surface area contributed by atoms with Gasteiger partial charge in [-0.2, -0.15) is 26.3 Å². The van der Waals surface area contributed by atoms with E-state index in [-0.39, 0.29) is 63.6 Å². The van der Waals surface area contributed by atoms with Crippen LogP contribution in [0.3, 0.4) is 0 Å². The minimum atomic E-state index is -4.91. The third kappa shape index (κ3) is 8.30. The average molecular weight is 792 g/mol. The van der Waals surface area contributed by atoms with Crippen molar-refractivity contribution < 1.29 is 60.4 Å². The van der Waals surface area contributed by atoms with Crippen molar-refractivity contribution in [2.24, 2.45) is 5.92 Å². The molecule has 3 aliphatic rings. The maximum Gasteiger partial charge on any atom is 0.418 e. The number of pyridine rings is 1. The van der Waals surface area contributed by atoms with E-state index in [0.29, 0.717) is 37.0 Å². The minimum absolute atomic E-state index is 0.00812. The van der Waals surface area contributed by atoms with Gasteiger partial charge in [0.25, 0.3) is 11.8 Å². The number of carboxylic acids is 1. The zero-order chi connectivity index (χ0) is 40.5. The number of carboxylic acid groups (broad SMARTS) is 1. The van der Waals surface area contributed by atoms with Crippen molar-refractivity contribution in [1.29, 1.82) is 0 Å². The summed E-state index contributed by atoms with van der Waals surface area (Å²) < 4.78 is 95.3. The number of carbonyl (C=O) groups excluding carboxylic acids is 2. The van der Waals surface area contributed by atoms with Gasteiger partial charge in [-0.15, -0.1) is 0 Å². The van der Waals surface area contributed by atoms with Gasteiger partial charge in [0.2, 0.25) is 5.60 Å². The number of benzene rings is 2. The van der Waals surface area contributed by atoms with Gasteiger partial charge in [-0.05, 0) is 87.4 Å². The summed E-state index contributed by atoms with van der Waals surface area (Å²) in [6, 6.07) is 11.3. The number of rotatable bonds is 10. The maximum atomic E-state index is 15.0. The Kier molecular flexibility index (Phi) is 11.6. The van der Waals surface area contributed by atoms with E-state index in [1.807, 2.05) is 0 Å². The molecular weight excluding hydrogens is 748 g/mol. The number of hydrogen-bond acceptors (Lipinski definition) is 7. The number of alkyl halides is 6. The number of aromatic nitrogens is 1. The fourth-order valence-electron chi connectivity index (χ4n) is 8.29. The first-order chi connectivity index (χ1) is 26.5. The second-order valence-electron chi connectivity index (χ2n) is 14.7. The highest BCUT2D eigenvalue weighted by molar-refractivity contribution is 5.96. The highest BCUT2D eigenvalue weighted by atomic mass is 19.4. The maximum absolute atomic E-state index is 15.0. The molecule has 2 aliphatic heterocycles. The van der Waals surface area contributed by atoms with E-state index in [1.54, 1.807) is 31.2 Å². The Morgan fingerprint density at radius 2 is 1.59 bits per heavy atom. The normalized spacial score (nSPS) is 24.1. The van der Waals surface area contributed by atoms with Crippen molar-refractivity contribution in [3.05, 3.63) is 89.2 Å². The van der Waals surface area contributed by atoms with Crippen LogP contribution in [0.5, 0.6) is 11.5 Å². The molecule has 3 heterocycles. The van der Waals surface area contributed by atoms with Crippen molar-refractivity contribution in [1.82, 2.24) is 14.8 Å². The van der Waals surface area contributed by atoms with Gasteiger partial charge in [0.05, 0.1) is 34.8 Å². The molecule has 2 N–H and O–H groups in total. The second kappa shape index (κ2) is 15.9. The summed E-state index contributed by atoms with van der Waals surface area (Å²) >= 11 is 0. The molecule has 2 amide bonds. The van der Waals surface area contributed by atoms with Crippen LogP contribution in [-0.4, -0.2) is 80.2 Å². The number of likely N-dealkylation sites (tertiary alicyclic amines) is 2. The van der Waals surface area contributed by atoms with E-state index >= 15 is 0 Å². The lowest BCUT2D eigenvalue weighted by Gasteiger charge is -2.51. The predicted molar refractivity (Wildman–Crippen MR) is 189 cm³/mol. The number of amides is 2. The van der Waals surface area contributed by atoms with Gasteiger partial charge in [-0.1, -0.05) is 31.5 Å². The van der Waals surface area contributed by atoms with Crippen LogP contribution in [0, 0.1) is 5.92 Å². The number of carbonyl (C=O) groups is 3. The SMILES string of the molecule is CCC[C@H]1N(C(=O)c2ncccc2C(F)(F)F)CCC[C@@]1(Oc1ccc(C(F)(F)F)cc1)C(=O)N1CCC(O)(c2ccccc2O[C@@H]2CC[C@@H](C(=O)O)C2)CC1. The molecule has 302 valence electrons. The molecule has 2 saturated heterocycles. The van der Waals surface area contributed by atoms with Crippen molar-refractivity contribution in [3.8, 4) is 11.5 Å². The van der Waals surface area contributed by atoms with Crippen LogP contribution in [0.1, 0.15) is 91.9 Å². The highest BCUT2D eigenvalue weighted by Crippen LogP contribution is 2.44. The molecule has 4 atom stereocenters. The first-order valence-electron chi connectivity index (χ1n) is 18.7. The highest BCUT2D eigenvalue weighted by Gasteiger charge is 2.56. The largest absolute Gasteiger partial charge is 0.490 e. The van der Waals surface area contributed by atoms with E-state index in [9.17, 15) is 50.9 Å². The molecule has 0 spiro atoms. The number of hydrogen-bond donors (Lipinski definition) is 2. The summed E-state index contributed by atoms with van der Waals surface area (Å²) in [6.45, 7) is 1.70. The zero-order valence-electron chi connectivity index (χ0n) is 30.6. The Morgan fingerprint density at radius 3 is 2.21 bits per heavy atom. The predicted octanol–water partition coefficient (Wildman–Crippen LogP) is 7.48. The second-order valence-corrected chi connectivity index (χ2v) is 14.7. The molecule has 0 bridgehead atoms. The van der Waals surface area contributed by atoms with Gasteiger partial charge in [0, 0.05) is 37.8 Å². The number of para-hydroxylation sites is 1. The van der Waals surface area contributed by atoms with Gasteiger partial charge >= 0.3 is 18.3 Å². The molecule has 3 aromatic rings. The Labute approximate surface area is 319 Å². The van der Waals surface area contributed by atoms with Crippen LogP contribution in [-0.2, 0) is 27.5 Å². The number of nitrogens with zero attached hydrogens (tertiary/aromatic N) is 3. The van der Waals surface area contributed by atoms with Crippen LogP contribution < -0.4 is 9.47 Å². The smallest absolute Gasteiger partial charge is 0.418 e. The van der Waals surface area contributed by atoms with Gasteiger partial charge in [0.15, 0.2) is 0 Å². The fourth-order valence-corrected chi connectivity index (χ4v) is 8.29. The van der Waals surface area contributed by atoms with Crippen LogP contribution in [0.4, 0.5) is 26.3 Å². The topological polar surface area (TPSA) is 130 Å². The van der Waals surface area contributed by atoms with Crippen molar-refractivity contribution in [3.63, 3.8) is 0 Å². The van der Waals surface area contributed by atoms with E-state index in [0.717, 1.165) is 42.6 Å². The monoisotopic (exact) mass is 791 g/mol. The van der Waals surface area contributed by atoms with Crippen LogP contribution in [0.2, 0.25) is 0 Å². The van der Waals surface area contributed by atoms with Gasteiger partial charge in [0.1, 0.15) is 17.2 Å². The summed E-state index contributed by atoms with van der Waals surface area (Å²) in [4.78, 5) is 47.0. The minimum Gasteiger partial charge on any atom is -0.490 e. The lowest BCUT2D eigenvalue weighted by Crippen LogP contribution is -2.68. The summed E-state index contributed by atoms with van der Waals surface area (Å²) in [5.41, 5.74) is -5.99. The molecule has 56 heavy (non-hydrogen) atoms. The molecule has 1 aromatic heterocycles. The Hall–Kier alpha value is -4.86. The molecule has 10 nitrogen and oxygen atoms in total. The molecule has 0 unspecified atom stereocenters. The van der Waals surface area contributed by atoms with E-state index in [4.69, 9.17) is 9.47 Å². The first kappa shape index (κ1) is 40.8. The molecular formula is C40H43F6N3O7. The molecule has 3 fully saturated rings. The first-order valence-corrected chi connectivity index (χ1v) is 18.7. The summed E-state index contributed by atoms with van der Waals surface area (Å²) in [5.74, 6) is -2.82.